The van der Waals surface area contributed by atoms with E-state index in [1.54, 1.807) is 0 Å². The van der Waals surface area contributed by atoms with E-state index in [4.69, 9.17) is 19.2 Å². The number of fused-ring (bicyclic) bond motifs is 6. The van der Waals surface area contributed by atoms with E-state index in [1.165, 1.54) is 5.56 Å². The highest BCUT2D eigenvalue weighted by Crippen LogP contribution is 2.41. The van der Waals surface area contributed by atoms with Crippen LogP contribution in [0.15, 0.2) is 47.3 Å². The van der Waals surface area contributed by atoms with Gasteiger partial charge in [0.2, 0.25) is 0 Å². The zero-order valence-electron chi connectivity index (χ0n) is 19.6. The van der Waals surface area contributed by atoms with Crippen LogP contribution in [0.3, 0.4) is 0 Å². The van der Waals surface area contributed by atoms with Crippen molar-refractivity contribution in [3.8, 4) is 22.9 Å². The van der Waals surface area contributed by atoms with Gasteiger partial charge in [0.15, 0.2) is 11.5 Å². The molecule has 1 fully saturated rings. The first-order valence-electron chi connectivity index (χ1n) is 12.4. The summed E-state index contributed by atoms with van der Waals surface area (Å²) in [6, 6.07) is 14.0. The Morgan fingerprint density at radius 1 is 0.914 bits per heavy atom. The van der Waals surface area contributed by atoms with Gasteiger partial charge in [0.05, 0.1) is 36.7 Å². The largest absolute Gasteiger partial charge is 0.486 e. The molecular formula is C28H27N3O4. The Labute approximate surface area is 202 Å². The van der Waals surface area contributed by atoms with Crippen LogP contribution in [0.25, 0.3) is 33.1 Å². The second-order valence-corrected chi connectivity index (χ2v) is 9.50. The summed E-state index contributed by atoms with van der Waals surface area (Å²) in [6.45, 7) is 6.27. The third kappa shape index (κ3) is 3.49. The van der Waals surface area contributed by atoms with Gasteiger partial charge in [-0.3, -0.25) is 9.69 Å². The van der Waals surface area contributed by atoms with E-state index in [9.17, 15) is 4.79 Å². The fourth-order valence-electron chi connectivity index (χ4n) is 5.69. The minimum Gasteiger partial charge on any atom is -0.486 e. The standard InChI is InChI=1S/C28H27N3O4/c32-28-19-5-2-1-4-18(19)14-24-27-22(17-31(24)28)20(6-3-7-30-8-10-33-11-9-30)21-15-25-26(16-23(21)29-27)35-13-12-34-25/h1-2,4-5,14-16H,3,6-13,17H2. The molecule has 3 aliphatic heterocycles. The number of nitrogens with zero attached hydrogens (tertiary/aromatic N) is 3. The number of pyridine rings is 2. The van der Waals surface area contributed by atoms with Crippen molar-refractivity contribution >= 4 is 21.7 Å². The lowest BCUT2D eigenvalue weighted by atomic mass is 9.96. The summed E-state index contributed by atoms with van der Waals surface area (Å²) in [4.78, 5) is 21.0. The Hall–Kier alpha value is -3.42. The number of morpholine rings is 1. The fraction of sp³-hybridized carbons (Fsp3) is 0.357. The highest BCUT2D eigenvalue weighted by Gasteiger charge is 2.28. The molecule has 3 aliphatic rings. The van der Waals surface area contributed by atoms with Crippen molar-refractivity contribution in [3.63, 3.8) is 0 Å². The molecule has 0 aliphatic carbocycles. The monoisotopic (exact) mass is 469 g/mol. The molecule has 0 spiro atoms. The second kappa shape index (κ2) is 8.36. The SMILES string of the molecule is O=c1c2ccccc2cc2n1Cc1c-2nc2cc3c(cc2c1CCCN1CCOCC1)OCCO3. The van der Waals surface area contributed by atoms with Crippen LogP contribution in [0.1, 0.15) is 17.5 Å². The van der Waals surface area contributed by atoms with Gasteiger partial charge in [-0.15, -0.1) is 0 Å². The third-order valence-electron chi connectivity index (χ3n) is 7.45. The normalized spacial score (nSPS) is 17.0. The molecule has 178 valence electrons. The maximum Gasteiger partial charge on any atom is 0.259 e. The van der Waals surface area contributed by atoms with Crippen LogP contribution in [0, 0.1) is 0 Å². The first-order chi connectivity index (χ1) is 17.3. The maximum absolute atomic E-state index is 13.4. The summed E-state index contributed by atoms with van der Waals surface area (Å²) in [7, 11) is 0. The van der Waals surface area contributed by atoms with Crippen molar-refractivity contribution in [3.05, 3.63) is 63.9 Å². The summed E-state index contributed by atoms with van der Waals surface area (Å²) in [5.74, 6) is 1.52. The summed E-state index contributed by atoms with van der Waals surface area (Å²) in [6.07, 6.45) is 1.95. The fourth-order valence-corrected chi connectivity index (χ4v) is 5.69. The first kappa shape index (κ1) is 20.9. The molecule has 7 nitrogen and oxygen atoms in total. The number of rotatable bonds is 4. The lowest BCUT2D eigenvalue weighted by Crippen LogP contribution is -2.37. The smallest absolute Gasteiger partial charge is 0.259 e. The van der Waals surface area contributed by atoms with E-state index >= 15 is 0 Å². The average Bonchev–Trinajstić information content (AvgIpc) is 3.26. The molecule has 0 atom stereocenters. The molecule has 7 rings (SSSR count). The second-order valence-electron chi connectivity index (χ2n) is 9.50. The summed E-state index contributed by atoms with van der Waals surface area (Å²) < 4.78 is 19.2. The summed E-state index contributed by atoms with van der Waals surface area (Å²) in [5.41, 5.74) is 5.17. The van der Waals surface area contributed by atoms with Gasteiger partial charge in [-0.2, -0.15) is 0 Å². The Morgan fingerprint density at radius 3 is 2.57 bits per heavy atom. The van der Waals surface area contributed by atoms with Gasteiger partial charge < -0.3 is 18.8 Å². The number of hydrogen-bond acceptors (Lipinski definition) is 6. The lowest BCUT2D eigenvalue weighted by Gasteiger charge is -2.26. The first-order valence-corrected chi connectivity index (χ1v) is 12.4. The molecule has 2 aromatic heterocycles. The van der Waals surface area contributed by atoms with Crippen LogP contribution >= 0.6 is 0 Å². The maximum atomic E-state index is 13.4. The zero-order valence-corrected chi connectivity index (χ0v) is 19.6. The van der Waals surface area contributed by atoms with E-state index in [1.807, 2.05) is 34.9 Å². The molecule has 35 heavy (non-hydrogen) atoms. The van der Waals surface area contributed by atoms with Crippen LogP contribution in [0.4, 0.5) is 0 Å². The highest BCUT2D eigenvalue weighted by atomic mass is 16.6. The number of aromatic nitrogens is 2. The van der Waals surface area contributed by atoms with Crippen LogP contribution in [0.2, 0.25) is 0 Å². The van der Waals surface area contributed by atoms with Gasteiger partial charge in [-0.1, -0.05) is 18.2 Å². The van der Waals surface area contributed by atoms with Gasteiger partial charge in [0.1, 0.15) is 13.2 Å². The molecule has 5 heterocycles. The van der Waals surface area contributed by atoms with Gasteiger partial charge in [0.25, 0.3) is 5.56 Å². The third-order valence-corrected chi connectivity index (χ3v) is 7.45. The van der Waals surface area contributed by atoms with Gasteiger partial charge in [-0.25, -0.2) is 4.98 Å². The van der Waals surface area contributed by atoms with Crippen molar-refractivity contribution < 1.29 is 14.2 Å². The number of aryl methyl sites for hydroxylation is 1. The molecule has 1 saturated heterocycles. The molecular weight excluding hydrogens is 442 g/mol. The number of ether oxygens (including phenoxy) is 3. The molecule has 0 bridgehead atoms. The predicted octanol–water partition coefficient (Wildman–Crippen LogP) is 3.61. The van der Waals surface area contributed by atoms with Crippen molar-refractivity contribution in [2.75, 3.05) is 46.1 Å². The van der Waals surface area contributed by atoms with Crippen molar-refractivity contribution in [2.24, 2.45) is 0 Å². The van der Waals surface area contributed by atoms with E-state index in [0.717, 1.165) is 95.8 Å². The molecule has 0 saturated carbocycles. The van der Waals surface area contributed by atoms with E-state index in [2.05, 4.69) is 17.0 Å². The van der Waals surface area contributed by atoms with Crippen molar-refractivity contribution in [2.45, 2.75) is 19.4 Å². The topological polar surface area (TPSA) is 65.8 Å². The Morgan fingerprint density at radius 2 is 1.71 bits per heavy atom. The Kier molecular flexibility index (Phi) is 4.99. The minimum atomic E-state index is 0.0467. The summed E-state index contributed by atoms with van der Waals surface area (Å²) >= 11 is 0. The molecule has 2 aromatic carbocycles. The molecule has 0 unspecified atom stereocenters. The Balaban J connectivity index is 1.36. The Bertz CT molecular complexity index is 1520. The van der Waals surface area contributed by atoms with E-state index in [-0.39, 0.29) is 5.56 Å². The minimum absolute atomic E-state index is 0.0467. The zero-order chi connectivity index (χ0) is 23.4. The van der Waals surface area contributed by atoms with E-state index in [0.29, 0.717) is 19.8 Å². The highest BCUT2D eigenvalue weighted by molar-refractivity contribution is 5.92. The summed E-state index contributed by atoms with van der Waals surface area (Å²) in [5, 5.41) is 2.80. The van der Waals surface area contributed by atoms with Crippen molar-refractivity contribution in [1.82, 2.24) is 14.5 Å². The van der Waals surface area contributed by atoms with Gasteiger partial charge >= 0.3 is 0 Å². The van der Waals surface area contributed by atoms with Crippen LogP contribution in [-0.4, -0.2) is 60.5 Å². The number of hydrogen-bond donors (Lipinski definition) is 0. The van der Waals surface area contributed by atoms with E-state index < -0.39 is 0 Å². The molecule has 0 amide bonds. The van der Waals surface area contributed by atoms with Crippen LogP contribution in [-0.2, 0) is 17.7 Å². The molecule has 7 heteroatoms. The van der Waals surface area contributed by atoms with Crippen molar-refractivity contribution in [1.29, 1.82) is 0 Å². The van der Waals surface area contributed by atoms with Crippen LogP contribution < -0.4 is 15.0 Å². The van der Waals surface area contributed by atoms with Gasteiger partial charge in [-0.05, 0) is 48.5 Å². The lowest BCUT2D eigenvalue weighted by molar-refractivity contribution is 0.0375. The molecule has 0 radical (unpaired) electrons. The van der Waals surface area contributed by atoms with Crippen LogP contribution in [0.5, 0.6) is 11.5 Å². The molecule has 4 aromatic rings. The quantitative estimate of drug-likeness (QED) is 0.401. The predicted molar refractivity (Wildman–Crippen MR) is 135 cm³/mol. The van der Waals surface area contributed by atoms with Gasteiger partial charge in [0, 0.05) is 35.5 Å². The molecule has 0 N–H and O–H groups in total. The number of benzene rings is 2. The average molecular weight is 470 g/mol.